The van der Waals surface area contributed by atoms with E-state index in [1.807, 2.05) is 12.1 Å². The molecule has 1 atom stereocenters. The normalized spacial score (nSPS) is 16.3. The number of aliphatic imine (C=N–C) groups is 1. The average molecular weight is 275 g/mol. The minimum Gasteiger partial charge on any atom is -0.489 e. The zero-order chi connectivity index (χ0) is 14.4. The Balaban J connectivity index is 1.78. The van der Waals surface area contributed by atoms with Crippen molar-refractivity contribution in [3.63, 3.8) is 0 Å². The topological polar surface area (TPSA) is 45.7 Å². The van der Waals surface area contributed by atoms with Crippen LogP contribution in [0.5, 0.6) is 5.75 Å². The molecule has 2 rings (SSSR count). The Morgan fingerprint density at radius 1 is 1.25 bits per heavy atom. The van der Waals surface area contributed by atoms with Crippen LogP contribution in [-0.2, 0) is 0 Å². The van der Waals surface area contributed by atoms with Crippen LogP contribution >= 0.6 is 0 Å². The first kappa shape index (κ1) is 14.7. The van der Waals surface area contributed by atoms with Gasteiger partial charge < -0.3 is 15.4 Å². The zero-order valence-corrected chi connectivity index (χ0v) is 12.6. The maximum atomic E-state index is 5.89. The van der Waals surface area contributed by atoms with Gasteiger partial charge in [0.05, 0.1) is 6.54 Å². The second-order valence-corrected chi connectivity index (χ2v) is 5.54. The molecule has 0 saturated heterocycles. The van der Waals surface area contributed by atoms with Crippen molar-refractivity contribution in [2.75, 3.05) is 19.6 Å². The van der Waals surface area contributed by atoms with Gasteiger partial charge in [-0.3, -0.25) is 4.99 Å². The summed E-state index contributed by atoms with van der Waals surface area (Å²) in [4.78, 5) is 4.38. The Morgan fingerprint density at radius 2 is 2.00 bits per heavy atom. The third-order valence-electron chi connectivity index (χ3n) is 3.34. The monoisotopic (exact) mass is 275 g/mol. The first-order valence-corrected chi connectivity index (χ1v) is 7.44. The molecule has 4 heteroatoms. The Hall–Kier alpha value is -1.71. The van der Waals surface area contributed by atoms with Crippen LogP contribution < -0.4 is 15.4 Å². The lowest BCUT2D eigenvalue weighted by Gasteiger charge is -2.20. The number of nitrogens with zero attached hydrogens (tertiary/aromatic N) is 1. The quantitative estimate of drug-likeness (QED) is 0.868. The van der Waals surface area contributed by atoms with Crippen molar-refractivity contribution in [2.45, 2.75) is 39.2 Å². The van der Waals surface area contributed by atoms with E-state index in [1.165, 1.54) is 5.56 Å². The molecule has 1 aromatic carbocycles. The third kappa shape index (κ3) is 4.44. The Bertz CT molecular complexity index is 440. The summed E-state index contributed by atoms with van der Waals surface area (Å²) in [6.45, 7) is 9.10. The van der Waals surface area contributed by atoms with Crippen molar-refractivity contribution in [1.82, 2.24) is 10.6 Å². The van der Waals surface area contributed by atoms with Gasteiger partial charge >= 0.3 is 0 Å². The Kier molecular flexibility index (Phi) is 5.27. The van der Waals surface area contributed by atoms with Gasteiger partial charge in [-0.1, -0.05) is 26.0 Å². The molecule has 0 aliphatic carbocycles. The highest BCUT2D eigenvalue weighted by molar-refractivity contribution is 5.80. The summed E-state index contributed by atoms with van der Waals surface area (Å²) in [5, 5.41) is 6.53. The molecule has 1 aliphatic rings. The number of benzene rings is 1. The fourth-order valence-corrected chi connectivity index (χ4v) is 2.10. The molecular formula is C16H25N3O. The summed E-state index contributed by atoms with van der Waals surface area (Å²) in [7, 11) is 0. The van der Waals surface area contributed by atoms with Crippen LogP contribution in [0.3, 0.4) is 0 Å². The molecule has 110 valence electrons. The van der Waals surface area contributed by atoms with Gasteiger partial charge in [0.1, 0.15) is 11.9 Å². The number of hydrogen-bond acceptors (Lipinski definition) is 4. The fourth-order valence-electron chi connectivity index (χ4n) is 2.10. The van der Waals surface area contributed by atoms with E-state index in [0.29, 0.717) is 5.92 Å². The maximum Gasteiger partial charge on any atom is 0.191 e. The second-order valence-electron chi connectivity index (χ2n) is 5.54. The lowest BCUT2D eigenvalue weighted by atomic mass is 10.0. The van der Waals surface area contributed by atoms with Crippen LogP contribution in [0.1, 0.15) is 38.7 Å². The largest absolute Gasteiger partial charge is 0.489 e. The van der Waals surface area contributed by atoms with E-state index < -0.39 is 0 Å². The zero-order valence-electron chi connectivity index (χ0n) is 12.6. The van der Waals surface area contributed by atoms with Gasteiger partial charge in [-0.15, -0.1) is 0 Å². The van der Waals surface area contributed by atoms with E-state index in [9.17, 15) is 0 Å². The van der Waals surface area contributed by atoms with E-state index in [4.69, 9.17) is 4.74 Å². The lowest BCUT2D eigenvalue weighted by Crippen LogP contribution is -2.44. The highest BCUT2D eigenvalue weighted by atomic mass is 16.5. The van der Waals surface area contributed by atoms with Gasteiger partial charge in [0.25, 0.3) is 0 Å². The molecule has 0 saturated carbocycles. The molecule has 0 aromatic heterocycles. The molecule has 4 nitrogen and oxygen atoms in total. The van der Waals surface area contributed by atoms with Crippen LogP contribution in [0.4, 0.5) is 0 Å². The summed E-state index contributed by atoms with van der Waals surface area (Å²) in [6.07, 6.45) is 1.21. The third-order valence-corrected chi connectivity index (χ3v) is 3.34. The highest BCUT2D eigenvalue weighted by Crippen LogP contribution is 2.19. The smallest absolute Gasteiger partial charge is 0.191 e. The van der Waals surface area contributed by atoms with Crippen molar-refractivity contribution in [1.29, 1.82) is 0 Å². The molecule has 1 aromatic rings. The summed E-state index contributed by atoms with van der Waals surface area (Å²) < 4.78 is 5.89. The number of ether oxygens (including phenoxy) is 1. The molecule has 1 heterocycles. The number of rotatable bonds is 5. The van der Waals surface area contributed by atoms with E-state index in [0.717, 1.165) is 37.8 Å². The molecular weight excluding hydrogens is 250 g/mol. The lowest BCUT2D eigenvalue weighted by molar-refractivity contribution is 0.223. The summed E-state index contributed by atoms with van der Waals surface area (Å²) in [5.74, 6) is 2.36. The summed E-state index contributed by atoms with van der Waals surface area (Å²) in [6, 6.07) is 8.35. The maximum absolute atomic E-state index is 5.89. The molecule has 0 spiro atoms. The van der Waals surface area contributed by atoms with E-state index in [1.54, 1.807) is 0 Å². The van der Waals surface area contributed by atoms with Crippen molar-refractivity contribution in [3.05, 3.63) is 29.8 Å². The number of hydrogen-bond donors (Lipinski definition) is 2. The fraction of sp³-hybridized carbons (Fsp3) is 0.562. The SMILES string of the molecule is CC(CNC1=NCCCN1)Oc1ccc(C(C)C)cc1. The van der Waals surface area contributed by atoms with Gasteiger partial charge in [-0.2, -0.15) is 0 Å². The molecule has 0 radical (unpaired) electrons. The minimum atomic E-state index is 0.103. The molecule has 20 heavy (non-hydrogen) atoms. The molecule has 1 aliphatic heterocycles. The molecule has 1 unspecified atom stereocenters. The van der Waals surface area contributed by atoms with Crippen LogP contribution in [0, 0.1) is 0 Å². The summed E-state index contributed by atoms with van der Waals surface area (Å²) in [5.41, 5.74) is 1.34. The van der Waals surface area contributed by atoms with Gasteiger partial charge in [0, 0.05) is 13.1 Å². The van der Waals surface area contributed by atoms with Crippen LogP contribution in [0.2, 0.25) is 0 Å². The molecule has 0 amide bonds. The number of guanidine groups is 1. The molecule has 0 fully saturated rings. The van der Waals surface area contributed by atoms with Gasteiger partial charge in [-0.25, -0.2) is 0 Å². The Morgan fingerprint density at radius 3 is 2.60 bits per heavy atom. The predicted octanol–water partition coefficient (Wildman–Crippen LogP) is 2.52. The van der Waals surface area contributed by atoms with E-state index in [2.05, 4.69) is 48.5 Å². The average Bonchev–Trinajstić information content (AvgIpc) is 2.47. The first-order chi connectivity index (χ1) is 9.65. The highest BCUT2D eigenvalue weighted by Gasteiger charge is 2.08. The predicted molar refractivity (Wildman–Crippen MR) is 83.5 cm³/mol. The summed E-state index contributed by atoms with van der Waals surface area (Å²) >= 11 is 0. The second kappa shape index (κ2) is 7.17. The van der Waals surface area contributed by atoms with Gasteiger partial charge in [-0.05, 0) is 37.0 Å². The van der Waals surface area contributed by atoms with Gasteiger partial charge in [0.2, 0.25) is 0 Å². The van der Waals surface area contributed by atoms with Crippen LogP contribution in [0.15, 0.2) is 29.3 Å². The van der Waals surface area contributed by atoms with Crippen LogP contribution in [-0.4, -0.2) is 31.7 Å². The van der Waals surface area contributed by atoms with E-state index in [-0.39, 0.29) is 6.10 Å². The standard InChI is InChI=1S/C16H25N3O/c1-12(2)14-5-7-15(8-6-14)20-13(3)11-19-16-17-9-4-10-18-16/h5-8,12-13H,4,9-11H2,1-3H3,(H2,17,18,19). The van der Waals surface area contributed by atoms with Crippen LogP contribution in [0.25, 0.3) is 0 Å². The van der Waals surface area contributed by atoms with Crippen molar-refractivity contribution in [2.24, 2.45) is 4.99 Å². The number of nitrogens with one attached hydrogen (secondary N) is 2. The van der Waals surface area contributed by atoms with Crippen molar-refractivity contribution in [3.8, 4) is 5.75 Å². The van der Waals surface area contributed by atoms with Crippen molar-refractivity contribution >= 4 is 5.96 Å². The Labute approximate surface area is 121 Å². The molecule has 0 bridgehead atoms. The van der Waals surface area contributed by atoms with Crippen molar-refractivity contribution < 1.29 is 4.74 Å². The van der Waals surface area contributed by atoms with Gasteiger partial charge in [0.15, 0.2) is 5.96 Å². The molecule has 2 N–H and O–H groups in total. The first-order valence-electron chi connectivity index (χ1n) is 7.44. The minimum absolute atomic E-state index is 0.103. The van der Waals surface area contributed by atoms with E-state index >= 15 is 0 Å².